The van der Waals surface area contributed by atoms with E-state index in [1.807, 2.05) is 30.3 Å². The van der Waals surface area contributed by atoms with Crippen molar-refractivity contribution in [1.29, 1.82) is 0 Å². The van der Waals surface area contributed by atoms with Crippen LogP contribution in [0.3, 0.4) is 0 Å². The van der Waals surface area contributed by atoms with E-state index in [1.54, 1.807) is 20.8 Å². The molecule has 0 amide bonds. The van der Waals surface area contributed by atoms with Gasteiger partial charge in [0.2, 0.25) is 0 Å². The summed E-state index contributed by atoms with van der Waals surface area (Å²) in [6, 6.07) is 9.36. The lowest BCUT2D eigenvalue weighted by Gasteiger charge is -2.24. The first-order valence-corrected chi connectivity index (χ1v) is 7.43. The van der Waals surface area contributed by atoms with Crippen molar-refractivity contribution in [3.05, 3.63) is 47.2 Å². The molecular formula is C17H20N2O4. The highest BCUT2D eigenvalue weighted by Gasteiger charge is 2.36. The molecule has 0 bridgehead atoms. The van der Waals surface area contributed by atoms with Crippen LogP contribution in [-0.4, -0.2) is 24.3 Å². The smallest absolute Gasteiger partial charge is 0.337 e. The molecule has 2 rings (SSSR count). The highest BCUT2D eigenvalue weighted by atomic mass is 16.5. The SMILES string of the molecule is CCOC(=O)C1=C(C)NN=C(C)C1C(=O)OCc1ccccc1. The Labute approximate surface area is 135 Å². The van der Waals surface area contributed by atoms with E-state index in [2.05, 4.69) is 10.5 Å². The van der Waals surface area contributed by atoms with E-state index in [9.17, 15) is 9.59 Å². The van der Waals surface area contributed by atoms with Gasteiger partial charge in [-0.25, -0.2) is 4.79 Å². The minimum absolute atomic E-state index is 0.145. The molecule has 6 nitrogen and oxygen atoms in total. The molecule has 122 valence electrons. The molecule has 1 aromatic carbocycles. The van der Waals surface area contributed by atoms with E-state index in [0.29, 0.717) is 11.4 Å². The Kier molecular flexibility index (Phi) is 5.51. The molecule has 6 heteroatoms. The highest BCUT2D eigenvalue weighted by Crippen LogP contribution is 2.23. The van der Waals surface area contributed by atoms with Gasteiger partial charge in [0.25, 0.3) is 0 Å². The fraction of sp³-hybridized carbons (Fsp3) is 0.353. The van der Waals surface area contributed by atoms with E-state index >= 15 is 0 Å². The molecule has 1 heterocycles. The molecule has 0 aromatic heterocycles. The van der Waals surface area contributed by atoms with Crippen LogP contribution in [0.5, 0.6) is 0 Å². The Bertz CT molecular complexity index is 650. The number of allylic oxidation sites excluding steroid dienone is 1. The zero-order valence-corrected chi connectivity index (χ0v) is 13.5. The third-order valence-corrected chi connectivity index (χ3v) is 3.47. The van der Waals surface area contributed by atoms with Crippen LogP contribution in [0.1, 0.15) is 26.3 Å². The topological polar surface area (TPSA) is 77.0 Å². The Morgan fingerprint density at radius 1 is 1.17 bits per heavy atom. The molecule has 0 fully saturated rings. The Morgan fingerprint density at radius 2 is 1.87 bits per heavy atom. The number of hydrogen-bond donors (Lipinski definition) is 1. The van der Waals surface area contributed by atoms with E-state index < -0.39 is 17.9 Å². The quantitative estimate of drug-likeness (QED) is 0.842. The van der Waals surface area contributed by atoms with Gasteiger partial charge >= 0.3 is 11.9 Å². The summed E-state index contributed by atoms with van der Waals surface area (Å²) in [6.45, 7) is 5.45. The summed E-state index contributed by atoms with van der Waals surface area (Å²) in [6.07, 6.45) is 0. The average Bonchev–Trinajstić information content (AvgIpc) is 2.55. The minimum atomic E-state index is -0.848. The first-order valence-electron chi connectivity index (χ1n) is 7.43. The summed E-state index contributed by atoms with van der Waals surface area (Å²) < 4.78 is 10.4. The summed E-state index contributed by atoms with van der Waals surface area (Å²) in [4.78, 5) is 24.6. The van der Waals surface area contributed by atoms with Crippen LogP contribution in [0.4, 0.5) is 0 Å². The van der Waals surface area contributed by atoms with Gasteiger partial charge in [-0.3, -0.25) is 10.2 Å². The van der Waals surface area contributed by atoms with Crippen molar-refractivity contribution < 1.29 is 19.1 Å². The number of ether oxygens (including phenoxy) is 2. The second-order valence-electron chi connectivity index (χ2n) is 5.15. The number of rotatable bonds is 5. The van der Waals surface area contributed by atoms with Crippen LogP contribution in [0, 0.1) is 5.92 Å². The van der Waals surface area contributed by atoms with Gasteiger partial charge in [-0.05, 0) is 26.3 Å². The molecule has 0 saturated carbocycles. The fourth-order valence-electron chi connectivity index (χ4n) is 2.30. The first-order chi connectivity index (χ1) is 11.0. The molecule has 0 saturated heterocycles. The molecule has 23 heavy (non-hydrogen) atoms. The maximum Gasteiger partial charge on any atom is 0.337 e. The van der Waals surface area contributed by atoms with Gasteiger partial charge in [0.05, 0.1) is 17.9 Å². The Morgan fingerprint density at radius 3 is 2.52 bits per heavy atom. The molecule has 0 aliphatic carbocycles. The van der Waals surface area contributed by atoms with Crippen LogP contribution in [0.15, 0.2) is 46.7 Å². The van der Waals surface area contributed by atoms with Gasteiger partial charge in [-0.15, -0.1) is 0 Å². The Balaban J connectivity index is 2.16. The molecule has 1 N–H and O–H groups in total. The summed E-state index contributed by atoms with van der Waals surface area (Å²) in [7, 11) is 0. The van der Waals surface area contributed by atoms with Crippen LogP contribution in [0.25, 0.3) is 0 Å². The number of benzene rings is 1. The van der Waals surface area contributed by atoms with Crippen LogP contribution in [-0.2, 0) is 25.7 Å². The van der Waals surface area contributed by atoms with Crippen LogP contribution < -0.4 is 5.43 Å². The van der Waals surface area contributed by atoms with Gasteiger partial charge in [0, 0.05) is 5.70 Å². The lowest BCUT2D eigenvalue weighted by Crippen LogP contribution is -2.36. The third kappa shape index (κ3) is 3.97. The van der Waals surface area contributed by atoms with E-state index in [4.69, 9.17) is 9.47 Å². The van der Waals surface area contributed by atoms with E-state index in [-0.39, 0.29) is 18.8 Å². The van der Waals surface area contributed by atoms with E-state index in [1.165, 1.54) is 0 Å². The molecular weight excluding hydrogens is 296 g/mol. The molecule has 1 unspecified atom stereocenters. The lowest BCUT2D eigenvalue weighted by atomic mass is 9.92. The number of carbonyl (C=O) groups is 2. The zero-order valence-electron chi connectivity index (χ0n) is 13.5. The van der Waals surface area contributed by atoms with E-state index in [0.717, 1.165) is 5.56 Å². The van der Waals surface area contributed by atoms with Crippen molar-refractivity contribution in [3.63, 3.8) is 0 Å². The third-order valence-electron chi connectivity index (χ3n) is 3.47. The van der Waals surface area contributed by atoms with Crippen molar-refractivity contribution in [2.75, 3.05) is 6.61 Å². The van der Waals surface area contributed by atoms with Crippen molar-refractivity contribution in [3.8, 4) is 0 Å². The van der Waals surface area contributed by atoms with Crippen LogP contribution in [0.2, 0.25) is 0 Å². The Hall–Kier alpha value is -2.63. The lowest BCUT2D eigenvalue weighted by molar-refractivity contribution is -0.149. The largest absolute Gasteiger partial charge is 0.463 e. The number of nitrogens with zero attached hydrogens (tertiary/aromatic N) is 1. The molecule has 0 radical (unpaired) electrons. The number of carbonyl (C=O) groups excluding carboxylic acids is 2. The van der Waals surface area contributed by atoms with Gasteiger partial charge in [-0.2, -0.15) is 5.10 Å². The standard InChI is InChI=1S/C17H20N2O4/c1-4-22-16(20)14-11(2)18-19-12(3)15(14)17(21)23-10-13-8-6-5-7-9-13/h5-9,15,18H,4,10H2,1-3H3. The second-order valence-corrected chi connectivity index (χ2v) is 5.15. The van der Waals surface area contributed by atoms with Crippen molar-refractivity contribution in [1.82, 2.24) is 5.43 Å². The van der Waals surface area contributed by atoms with Gasteiger partial charge in [0.15, 0.2) is 0 Å². The monoisotopic (exact) mass is 316 g/mol. The van der Waals surface area contributed by atoms with Gasteiger partial charge in [-0.1, -0.05) is 30.3 Å². The molecule has 1 aliphatic rings. The normalized spacial score (nSPS) is 17.2. The number of esters is 2. The average molecular weight is 316 g/mol. The molecule has 0 spiro atoms. The van der Waals surface area contributed by atoms with Crippen molar-refractivity contribution >= 4 is 17.7 Å². The summed E-state index contributed by atoms with van der Waals surface area (Å²) in [5, 5.41) is 4.06. The van der Waals surface area contributed by atoms with Crippen molar-refractivity contribution in [2.45, 2.75) is 27.4 Å². The summed E-state index contributed by atoms with van der Waals surface area (Å²) in [5.41, 5.74) is 4.83. The van der Waals surface area contributed by atoms with Gasteiger partial charge < -0.3 is 9.47 Å². The molecule has 1 aliphatic heterocycles. The molecule has 1 aromatic rings. The second kappa shape index (κ2) is 7.58. The number of hydrogen-bond acceptors (Lipinski definition) is 6. The summed E-state index contributed by atoms with van der Waals surface area (Å²) in [5.74, 6) is -1.90. The van der Waals surface area contributed by atoms with Gasteiger partial charge in [0.1, 0.15) is 12.5 Å². The highest BCUT2D eigenvalue weighted by molar-refractivity contribution is 6.11. The maximum atomic E-state index is 12.5. The first kappa shape index (κ1) is 16.7. The van der Waals surface area contributed by atoms with Crippen molar-refractivity contribution in [2.24, 2.45) is 11.0 Å². The predicted octanol–water partition coefficient (Wildman–Crippen LogP) is 2.16. The maximum absolute atomic E-state index is 12.5. The van der Waals surface area contributed by atoms with Crippen LogP contribution >= 0.6 is 0 Å². The minimum Gasteiger partial charge on any atom is -0.463 e. The molecule has 1 atom stereocenters. The predicted molar refractivity (Wildman–Crippen MR) is 85.3 cm³/mol. The number of nitrogens with one attached hydrogen (secondary N) is 1. The fourth-order valence-corrected chi connectivity index (χ4v) is 2.30. The zero-order chi connectivity index (χ0) is 16.8. The number of hydrazone groups is 1. The summed E-state index contributed by atoms with van der Waals surface area (Å²) >= 11 is 0.